The van der Waals surface area contributed by atoms with E-state index in [2.05, 4.69) is 18.4 Å². The van der Waals surface area contributed by atoms with Crippen LogP contribution in [0.5, 0.6) is 0 Å². The fourth-order valence-corrected chi connectivity index (χ4v) is 5.44. The maximum absolute atomic E-state index is 13.5. The van der Waals surface area contributed by atoms with E-state index in [9.17, 15) is 9.59 Å². The number of hydrogen-bond donors (Lipinski definition) is 0. The zero-order chi connectivity index (χ0) is 22.1. The first-order valence-electron chi connectivity index (χ1n) is 9.98. The summed E-state index contributed by atoms with van der Waals surface area (Å²) in [7, 11) is 3.23. The van der Waals surface area contributed by atoms with Gasteiger partial charge in [0.15, 0.2) is 0 Å². The second-order valence-electron chi connectivity index (χ2n) is 8.52. The van der Waals surface area contributed by atoms with Crippen LogP contribution >= 0.6 is 22.9 Å². The predicted molar refractivity (Wildman–Crippen MR) is 124 cm³/mol. The summed E-state index contributed by atoms with van der Waals surface area (Å²) in [5.41, 5.74) is 2.00. The van der Waals surface area contributed by atoms with E-state index in [0.29, 0.717) is 22.5 Å². The second-order valence-corrected chi connectivity index (χ2v) is 9.94. The predicted octanol–water partition coefficient (Wildman–Crippen LogP) is 4.28. The van der Waals surface area contributed by atoms with Crippen LogP contribution in [-0.4, -0.2) is 20.3 Å². The first kappa shape index (κ1) is 20.3. The minimum absolute atomic E-state index is 0.314. The summed E-state index contributed by atoms with van der Waals surface area (Å²) >= 11 is 7.75. The molecule has 0 saturated carbocycles. The highest BCUT2D eigenvalue weighted by molar-refractivity contribution is 7.10. The Morgan fingerprint density at radius 2 is 1.81 bits per heavy atom. The van der Waals surface area contributed by atoms with Crippen LogP contribution in [0.1, 0.15) is 30.5 Å². The first-order chi connectivity index (χ1) is 14.7. The monoisotopic (exact) mass is 455 g/mol. The Balaban J connectivity index is 2.03. The van der Waals surface area contributed by atoms with Crippen LogP contribution in [-0.2, 0) is 24.4 Å². The molecule has 8 heteroatoms. The molecule has 3 aromatic heterocycles. The second kappa shape index (κ2) is 6.95. The van der Waals surface area contributed by atoms with Crippen LogP contribution in [0.25, 0.3) is 22.2 Å². The molecule has 31 heavy (non-hydrogen) atoms. The highest BCUT2D eigenvalue weighted by atomic mass is 35.5. The largest absolute Gasteiger partial charge is 0.364 e. The van der Waals surface area contributed by atoms with E-state index >= 15 is 0 Å². The van der Waals surface area contributed by atoms with E-state index in [1.807, 2.05) is 41.8 Å². The van der Waals surface area contributed by atoms with Gasteiger partial charge in [0, 0.05) is 24.0 Å². The third kappa shape index (κ3) is 2.87. The Labute approximate surface area is 187 Å². The zero-order valence-corrected chi connectivity index (χ0v) is 19.3. The van der Waals surface area contributed by atoms with E-state index < -0.39 is 5.54 Å². The van der Waals surface area contributed by atoms with E-state index in [-0.39, 0.29) is 17.4 Å². The molecule has 0 radical (unpaired) electrons. The SMILES string of the molecule is Cn1c(=O)c2c(-c3ccc(Cl)cc3)n3c(c2n(C)c1=O)C(c1cccs1)OCC3(C)C. The summed E-state index contributed by atoms with van der Waals surface area (Å²) in [6.07, 6.45) is -0.366. The number of halogens is 1. The molecule has 160 valence electrons. The highest BCUT2D eigenvalue weighted by Crippen LogP contribution is 2.46. The standard InChI is InChI=1S/C23H22ClN3O3S/c1-23(2)12-30-20(15-6-5-11-31-15)19-18-16(21(28)26(4)22(29)25(18)3)17(27(19)23)13-7-9-14(24)10-8-13/h5-11,20H,12H2,1-4H3. The third-order valence-electron chi connectivity index (χ3n) is 5.98. The number of benzene rings is 1. The lowest BCUT2D eigenvalue weighted by molar-refractivity contribution is -0.00545. The van der Waals surface area contributed by atoms with Crippen LogP contribution in [0.2, 0.25) is 5.02 Å². The minimum atomic E-state index is -0.432. The Bertz CT molecular complexity index is 1430. The Kier molecular flexibility index (Phi) is 4.55. The Morgan fingerprint density at radius 1 is 1.10 bits per heavy atom. The lowest BCUT2D eigenvalue weighted by Crippen LogP contribution is -2.40. The van der Waals surface area contributed by atoms with Gasteiger partial charge in [-0.3, -0.25) is 13.9 Å². The molecule has 0 spiro atoms. The lowest BCUT2D eigenvalue weighted by Gasteiger charge is -2.39. The van der Waals surface area contributed by atoms with E-state index in [0.717, 1.165) is 21.8 Å². The molecule has 0 aliphatic carbocycles. The average molecular weight is 456 g/mol. The van der Waals surface area contributed by atoms with Crippen LogP contribution in [0, 0.1) is 0 Å². The molecule has 4 heterocycles. The molecule has 0 amide bonds. The van der Waals surface area contributed by atoms with Crippen molar-refractivity contribution in [2.75, 3.05) is 6.61 Å². The Morgan fingerprint density at radius 3 is 2.45 bits per heavy atom. The van der Waals surface area contributed by atoms with Crippen molar-refractivity contribution >= 4 is 33.8 Å². The van der Waals surface area contributed by atoms with Crippen LogP contribution in [0.4, 0.5) is 0 Å². The third-order valence-corrected chi connectivity index (χ3v) is 7.15. The van der Waals surface area contributed by atoms with Gasteiger partial charge in [-0.15, -0.1) is 11.3 Å². The van der Waals surface area contributed by atoms with Gasteiger partial charge in [-0.05, 0) is 43.0 Å². The van der Waals surface area contributed by atoms with Crippen LogP contribution < -0.4 is 11.2 Å². The van der Waals surface area contributed by atoms with Gasteiger partial charge in [-0.2, -0.15) is 0 Å². The van der Waals surface area contributed by atoms with Crippen molar-refractivity contribution in [3.05, 3.63) is 78.2 Å². The number of rotatable bonds is 2. The van der Waals surface area contributed by atoms with Gasteiger partial charge < -0.3 is 9.30 Å². The number of aryl methyl sites for hydroxylation is 1. The molecule has 1 aromatic carbocycles. The fourth-order valence-electron chi connectivity index (χ4n) is 4.54. The highest BCUT2D eigenvalue weighted by Gasteiger charge is 2.40. The molecule has 0 N–H and O–H groups in total. The molecule has 4 aromatic rings. The summed E-state index contributed by atoms with van der Waals surface area (Å²) in [6, 6.07) is 11.5. The number of ether oxygens (including phenoxy) is 1. The van der Waals surface area contributed by atoms with E-state index in [1.165, 1.54) is 11.6 Å². The summed E-state index contributed by atoms with van der Waals surface area (Å²) in [5.74, 6) is 0. The quantitative estimate of drug-likeness (QED) is 0.453. The molecule has 0 bridgehead atoms. The van der Waals surface area contributed by atoms with Crippen LogP contribution in [0.15, 0.2) is 51.4 Å². The maximum Gasteiger partial charge on any atom is 0.331 e. The van der Waals surface area contributed by atoms with Gasteiger partial charge in [0.1, 0.15) is 6.10 Å². The summed E-state index contributed by atoms with van der Waals surface area (Å²) in [6.45, 7) is 4.64. The van der Waals surface area contributed by atoms with Gasteiger partial charge in [0.25, 0.3) is 5.56 Å². The molecule has 0 fully saturated rings. The Hall–Kier alpha value is -2.61. The summed E-state index contributed by atoms with van der Waals surface area (Å²) < 4.78 is 11.3. The topological polar surface area (TPSA) is 58.2 Å². The van der Waals surface area contributed by atoms with Crippen molar-refractivity contribution in [2.24, 2.45) is 14.1 Å². The van der Waals surface area contributed by atoms with Crippen molar-refractivity contribution in [3.8, 4) is 11.3 Å². The molecule has 0 saturated heterocycles. The number of fused-ring (bicyclic) bond motifs is 3. The number of aromatic nitrogens is 3. The smallest absolute Gasteiger partial charge is 0.331 e. The van der Waals surface area contributed by atoms with Crippen molar-refractivity contribution < 1.29 is 4.74 Å². The number of nitrogens with zero attached hydrogens (tertiary/aromatic N) is 3. The zero-order valence-electron chi connectivity index (χ0n) is 17.7. The van der Waals surface area contributed by atoms with E-state index in [4.69, 9.17) is 16.3 Å². The maximum atomic E-state index is 13.5. The van der Waals surface area contributed by atoms with Crippen molar-refractivity contribution in [1.29, 1.82) is 0 Å². The molecule has 1 aliphatic rings. The molecular formula is C23H22ClN3O3S. The number of hydrogen-bond acceptors (Lipinski definition) is 4. The first-order valence-corrected chi connectivity index (χ1v) is 11.2. The molecule has 1 unspecified atom stereocenters. The van der Waals surface area contributed by atoms with Gasteiger partial charge in [-0.25, -0.2) is 4.79 Å². The number of thiophene rings is 1. The molecule has 6 nitrogen and oxygen atoms in total. The van der Waals surface area contributed by atoms with Gasteiger partial charge >= 0.3 is 5.69 Å². The summed E-state index contributed by atoms with van der Waals surface area (Å²) in [4.78, 5) is 27.4. The van der Waals surface area contributed by atoms with Crippen molar-refractivity contribution in [1.82, 2.24) is 13.7 Å². The fraction of sp³-hybridized carbons (Fsp3) is 0.304. The van der Waals surface area contributed by atoms with Gasteiger partial charge in [0.2, 0.25) is 0 Å². The normalized spacial score (nSPS) is 17.8. The average Bonchev–Trinajstić information content (AvgIpc) is 3.39. The summed E-state index contributed by atoms with van der Waals surface area (Å²) in [5, 5.41) is 3.14. The van der Waals surface area contributed by atoms with Crippen molar-refractivity contribution in [3.63, 3.8) is 0 Å². The molecular weight excluding hydrogens is 434 g/mol. The molecule has 1 aliphatic heterocycles. The van der Waals surface area contributed by atoms with Gasteiger partial charge in [0.05, 0.1) is 34.4 Å². The minimum Gasteiger partial charge on any atom is -0.364 e. The van der Waals surface area contributed by atoms with Crippen LogP contribution in [0.3, 0.4) is 0 Å². The molecule has 1 atom stereocenters. The van der Waals surface area contributed by atoms with Gasteiger partial charge in [-0.1, -0.05) is 29.8 Å². The van der Waals surface area contributed by atoms with E-state index in [1.54, 1.807) is 23.0 Å². The molecule has 5 rings (SSSR count). The van der Waals surface area contributed by atoms with Crippen molar-refractivity contribution in [2.45, 2.75) is 25.5 Å². The lowest BCUT2D eigenvalue weighted by atomic mass is 10.0.